The summed E-state index contributed by atoms with van der Waals surface area (Å²) in [6, 6.07) is 9.12. The average molecular weight is 422 g/mol. The molecule has 6 nitrogen and oxygen atoms in total. The second-order valence-electron chi connectivity index (χ2n) is 5.20. The summed E-state index contributed by atoms with van der Waals surface area (Å²) in [5.41, 5.74) is 6.93. The summed E-state index contributed by atoms with van der Waals surface area (Å²) < 4.78 is 10.1. The smallest absolute Gasteiger partial charge is 0.322 e. The number of aromatic hydroxyl groups is 1. The Morgan fingerprint density at radius 2 is 1.92 bits per heavy atom. The van der Waals surface area contributed by atoms with Crippen LogP contribution in [0.1, 0.15) is 5.56 Å². The number of benzene rings is 2. The Morgan fingerprint density at radius 3 is 2.54 bits per heavy atom. The molecule has 0 spiro atoms. The fourth-order valence-electron chi connectivity index (χ4n) is 2.15. The molecule has 0 bridgehead atoms. The summed E-state index contributed by atoms with van der Waals surface area (Å²) in [4.78, 5) is 11.4. The predicted octanol–water partition coefficient (Wildman–Crippen LogP) is 3.61. The largest absolute Gasteiger partial charge is 0.506 e. The summed E-state index contributed by atoms with van der Waals surface area (Å²) in [5, 5.41) is 13.6. The number of halogens is 3. The molecule has 0 aromatic heterocycles. The number of hydrogen-bond donors (Lipinski definition) is 3. The highest BCUT2D eigenvalue weighted by Crippen LogP contribution is 2.32. The first-order valence-electron chi connectivity index (χ1n) is 7.38. The lowest BCUT2D eigenvalue weighted by Gasteiger charge is -2.14. The Labute approximate surface area is 167 Å². The number of carbonyl (C=O) groups excluding carboxylic acids is 1. The van der Waals surface area contributed by atoms with Gasteiger partial charge in [0.2, 0.25) is 0 Å². The first-order chi connectivity index (χ1) is 11.9. The van der Waals surface area contributed by atoms with E-state index in [0.717, 1.165) is 5.56 Å². The zero-order chi connectivity index (χ0) is 18.4. The molecule has 0 radical (unpaired) electrons. The van der Waals surface area contributed by atoms with E-state index in [1.54, 1.807) is 30.3 Å². The van der Waals surface area contributed by atoms with Crippen LogP contribution in [0, 0.1) is 0 Å². The molecule has 0 heterocycles. The van der Waals surface area contributed by atoms with Gasteiger partial charge in [0, 0.05) is 0 Å². The number of phenols is 1. The number of phenolic OH excluding ortho intramolecular Hbond substituents is 1. The van der Waals surface area contributed by atoms with Crippen LogP contribution in [0.25, 0.3) is 0 Å². The monoisotopic (exact) mass is 420 g/mol. The third kappa shape index (κ3) is 5.85. The number of nitrogens with two attached hydrogens (primary N) is 1. The second kappa shape index (κ2) is 10.3. The number of anilines is 1. The van der Waals surface area contributed by atoms with Crippen LogP contribution >= 0.6 is 35.6 Å². The van der Waals surface area contributed by atoms with Crippen molar-refractivity contribution >= 4 is 47.3 Å². The van der Waals surface area contributed by atoms with Crippen LogP contribution in [0.3, 0.4) is 0 Å². The minimum absolute atomic E-state index is 0. The molecule has 2 aromatic carbocycles. The van der Waals surface area contributed by atoms with Crippen LogP contribution in [-0.2, 0) is 16.0 Å². The molecule has 0 unspecified atom stereocenters. The summed E-state index contributed by atoms with van der Waals surface area (Å²) in [5.74, 6) is -0.120. The van der Waals surface area contributed by atoms with E-state index in [1.807, 2.05) is 0 Å². The zero-order valence-electron chi connectivity index (χ0n) is 13.9. The van der Waals surface area contributed by atoms with Crippen LogP contribution in [0.2, 0.25) is 10.0 Å². The third-order valence-electron chi connectivity index (χ3n) is 3.42. The number of hydrogen-bond acceptors (Lipinski definition) is 6. The third-order valence-corrected chi connectivity index (χ3v) is 4.01. The highest BCUT2D eigenvalue weighted by Gasteiger charge is 2.15. The molecular weight excluding hydrogens is 403 g/mol. The van der Waals surface area contributed by atoms with Crippen molar-refractivity contribution in [1.82, 2.24) is 0 Å². The average Bonchev–Trinajstić information content (AvgIpc) is 2.59. The molecule has 4 N–H and O–H groups in total. The van der Waals surface area contributed by atoms with E-state index in [0.29, 0.717) is 21.5 Å². The van der Waals surface area contributed by atoms with Crippen molar-refractivity contribution in [1.29, 1.82) is 0 Å². The van der Waals surface area contributed by atoms with Gasteiger partial charge in [0.05, 0.1) is 22.8 Å². The molecule has 2 rings (SSSR count). The highest BCUT2D eigenvalue weighted by molar-refractivity contribution is 6.37. The maximum Gasteiger partial charge on any atom is 0.322 e. The summed E-state index contributed by atoms with van der Waals surface area (Å²) >= 11 is 12.0. The van der Waals surface area contributed by atoms with Gasteiger partial charge in [-0.05, 0) is 36.2 Å². The summed E-state index contributed by atoms with van der Waals surface area (Å²) in [7, 11) is 1.28. The van der Waals surface area contributed by atoms with Crippen molar-refractivity contribution in [3.05, 3.63) is 52.0 Å². The minimum Gasteiger partial charge on any atom is -0.506 e. The summed E-state index contributed by atoms with van der Waals surface area (Å²) in [6.07, 6.45) is 0.277. The van der Waals surface area contributed by atoms with Crippen LogP contribution in [0.15, 0.2) is 36.4 Å². The van der Waals surface area contributed by atoms with E-state index in [1.165, 1.54) is 13.2 Å². The maximum absolute atomic E-state index is 11.4. The summed E-state index contributed by atoms with van der Waals surface area (Å²) in [6.45, 7) is 0.0313. The molecule has 142 valence electrons. The molecule has 26 heavy (non-hydrogen) atoms. The number of para-hydroxylation sites is 1. The molecule has 0 amide bonds. The predicted molar refractivity (Wildman–Crippen MR) is 105 cm³/mol. The van der Waals surface area contributed by atoms with Crippen molar-refractivity contribution in [2.75, 3.05) is 19.2 Å². The molecule has 0 saturated heterocycles. The van der Waals surface area contributed by atoms with Gasteiger partial charge >= 0.3 is 5.97 Å². The lowest BCUT2D eigenvalue weighted by molar-refractivity contribution is -0.142. The van der Waals surface area contributed by atoms with Crippen molar-refractivity contribution in [2.24, 2.45) is 5.73 Å². The van der Waals surface area contributed by atoms with E-state index in [4.69, 9.17) is 33.7 Å². The molecule has 2 aromatic rings. The molecule has 0 aliphatic heterocycles. The van der Waals surface area contributed by atoms with Gasteiger partial charge in [-0.2, -0.15) is 0 Å². The van der Waals surface area contributed by atoms with E-state index in [9.17, 15) is 9.90 Å². The van der Waals surface area contributed by atoms with Crippen molar-refractivity contribution in [3.8, 4) is 11.5 Å². The van der Waals surface area contributed by atoms with Crippen LogP contribution < -0.4 is 15.8 Å². The SMILES string of the molecule is COC(=O)[C@@H](N)Cc1ccc(O)c(NCOc2c(Cl)cccc2Cl)c1.Cl. The maximum atomic E-state index is 11.4. The number of esters is 1. The Bertz CT molecular complexity index is 739. The molecular formula is C17H19Cl3N2O4. The van der Waals surface area contributed by atoms with Gasteiger partial charge in [0.1, 0.15) is 11.8 Å². The highest BCUT2D eigenvalue weighted by atomic mass is 35.5. The van der Waals surface area contributed by atoms with Gasteiger partial charge in [0.15, 0.2) is 12.5 Å². The van der Waals surface area contributed by atoms with Crippen LogP contribution in [-0.4, -0.2) is 31.0 Å². The van der Waals surface area contributed by atoms with Crippen molar-refractivity contribution in [2.45, 2.75) is 12.5 Å². The molecule has 0 aliphatic rings. The number of methoxy groups -OCH3 is 1. The van der Waals surface area contributed by atoms with Gasteiger partial charge in [-0.25, -0.2) is 0 Å². The van der Waals surface area contributed by atoms with Gasteiger partial charge in [-0.15, -0.1) is 12.4 Å². The second-order valence-corrected chi connectivity index (χ2v) is 6.02. The zero-order valence-corrected chi connectivity index (χ0v) is 16.2. The number of carbonyl (C=O) groups is 1. The van der Waals surface area contributed by atoms with Gasteiger partial charge in [-0.1, -0.05) is 35.3 Å². The first kappa shape index (κ1) is 22.2. The van der Waals surface area contributed by atoms with E-state index in [2.05, 4.69) is 10.1 Å². The molecule has 1 atom stereocenters. The van der Waals surface area contributed by atoms with E-state index < -0.39 is 12.0 Å². The topological polar surface area (TPSA) is 93.8 Å². The van der Waals surface area contributed by atoms with E-state index in [-0.39, 0.29) is 31.3 Å². The van der Waals surface area contributed by atoms with Crippen molar-refractivity contribution < 1.29 is 19.4 Å². The number of ether oxygens (including phenoxy) is 2. The normalized spacial score (nSPS) is 11.2. The molecule has 0 fully saturated rings. The Morgan fingerprint density at radius 1 is 1.27 bits per heavy atom. The minimum atomic E-state index is -0.777. The molecule has 9 heteroatoms. The fraction of sp³-hybridized carbons (Fsp3) is 0.235. The lowest BCUT2D eigenvalue weighted by atomic mass is 10.1. The van der Waals surface area contributed by atoms with Crippen LogP contribution in [0.5, 0.6) is 11.5 Å². The fourth-order valence-corrected chi connectivity index (χ4v) is 2.65. The Kier molecular flexibility index (Phi) is 8.81. The van der Waals surface area contributed by atoms with Gasteiger partial charge in [0.25, 0.3) is 0 Å². The quantitative estimate of drug-likeness (QED) is 0.359. The Balaban J connectivity index is 0.00000338. The first-order valence-corrected chi connectivity index (χ1v) is 8.14. The molecule has 0 saturated carbocycles. The van der Waals surface area contributed by atoms with Crippen LogP contribution in [0.4, 0.5) is 5.69 Å². The van der Waals surface area contributed by atoms with E-state index >= 15 is 0 Å². The standard InChI is InChI=1S/C17H18Cl2N2O4.ClH/c1-24-17(23)13(20)7-10-5-6-15(22)14(8-10)21-9-25-16-11(18)3-2-4-12(16)19;/h2-6,8,13,21-22H,7,9,20H2,1H3;1H/t13-;/m0./s1. The number of nitrogens with one attached hydrogen (secondary N) is 1. The molecule has 0 aliphatic carbocycles. The van der Waals surface area contributed by atoms with Crippen molar-refractivity contribution in [3.63, 3.8) is 0 Å². The van der Waals surface area contributed by atoms with Gasteiger partial charge < -0.3 is 25.6 Å². The van der Waals surface area contributed by atoms with Gasteiger partial charge in [-0.3, -0.25) is 4.79 Å². The Hall–Kier alpha value is -1.86. The number of rotatable bonds is 7. The lowest BCUT2D eigenvalue weighted by Crippen LogP contribution is -2.33.